The zero-order chi connectivity index (χ0) is 10.3. The first-order valence-electron chi connectivity index (χ1n) is 4.68. The summed E-state index contributed by atoms with van der Waals surface area (Å²) in [6.45, 7) is 7.31. The van der Waals surface area contributed by atoms with Gasteiger partial charge in [-0.25, -0.2) is 0 Å². The van der Waals surface area contributed by atoms with Gasteiger partial charge in [0.05, 0.1) is 0 Å². The topological polar surface area (TPSA) is 32.3 Å². The fourth-order valence-corrected chi connectivity index (χ4v) is 0.933. The summed E-state index contributed by atoms with van der Waals surface area (Å²) in [4.78, 5) is 13.3. The van der Waals surface area contributed by atoms with Gasteiger partial charge < -0.3 is 10.2 Å². The summed E-state index contributed by atoms with van der Waals surface area (Å²) in [6, 6.07) is 0. The number of rotatable bonds is 6. The molecule has 0 fully saturated rings. The van der Waals surface area contributed by atoms with Crippen LogP contribution in [-0.4, -0.2) is 38.0 Å². The molecule has 0 aromatic carbocycles. The Bertz CT molecular complexity index is 176. The molecule has 3 nitrogen and oxygen atoms in total. The largest absolute Gasteiger partial charge is 0.351 e. The number of carbonyl (C=O) groups is 1. The quantitative estimate of drug-likeness (QED) is 0.625. The van der Waals surface area contributed by atoms with Gasteiger partial charge in [0, 0.05) is 18.7 Å². The molecule has 76 valence electrons. The Morgan fingerprint density at radius 3 is 2.54 bits per heavy atom. The summed E-state index contributed by atoms with van der Waals surface area (Å²) in [5.74, 6) is -0.0105. The second-order valence-electron chi connectivity index (χ2n) is 3.41. The predicted molar refractivity (Wildman–Crippen MR) is 55.6 cm³/mol. The highest BCUT2D eigenvalue weighted by Gasteiger charge is 2.04. The van der Waals surface area contributed by atoms with Crippen molar-refractivity contribution in [3.8, 4) is 0 Å². The van der Waals surface area contributed by atoms with Crippen LogP contribution in [0.4, 0.5) is 0 Å². The zero-order valence-electron chi connectivity index (χ0n) is 8.89. The van der Waals surface area contributed by atoms with Crippen molar-refractivity contribution in [2.24, 2.45) is 0 Å². The number of carbonyl (C=O) groups excluding carboxylic acids is 1. The summed E-state index contributed by atoms with van der Waals surface area (Å²) in [5, 5.41) is 2.82. The second-order valence-corrected chi connectivity index (χ2v) is 3.41. The predicted octanol–water partition coefficient (Wildman–Crippen LogP) is 1.02. The third-order valence-electron chi connectivity index (χ3n) is 1.72. The molecular formula is C10H20N2O. The molecule has 0 aromatic heterocycles. The molecule has 0 aliphatic rings. The van der Waals surface area contributed by atoms with E-state index < -0.39 is 0 Å². The molecule has 0 aliphatic heterocycles. The van der Waals surface area contributed by atoms with Crippen molar-refractivity contribution in [1.82, 2.24) is 10.2 Å². The molecule has 0 saturated carbocycles. The van der Waals surface area contributed by atoms with E-state index in [2.05, 4.69) is 11.9 Å². The third kappa shape index (κ3) is 6.34. The van der Waals surface area contributed by atoms with Gasteiger partial charge in [0.25, 0.3) is 0 Å². The van der Waals surface area contributed by atoms with E-state index in [9.17, 15) is 4.79 Å². The van der Waals surface area contributed by atoms with Gasteiger partial charge in [-0.15, -0.1) is 0 Å². The maximum Gasteiger partial charge on any atom is 0.246 e. The van der Waals surface area contributed by atoms with Gasteiger partial charge in [-0.3, -0.25) is 4.79 Å². The van der Waals surface area contributed by atoms with Gasteiger partial charge in [0.1, 0.15) is 0 Å². The first kappa shape index (κ1) is 12.2. The van der Waals surface area contributed by atoms with E-state index in [1.54, 1.807) is 0 Å². The van der Waals surface area contributed by atoms with Crippen LogP contribution in [0.3, 0.4) is 0 Å². The highest BCUT2D eigenvalue weighted by molar-refractivity contribution is 5.92. The van der Waals surface area contributed by atoms with Crippen LogP contribution in [0.2, 0.25) is 0 Å². The minimum absolute atomic E-state index is 0.0105. The summed E-state index contributed by atoms with van der Waals surface area (Å²) in [7, 11) is 3.96. The Labute approximate surface area is 80.8 Å². The number of nitrogens with one attached hydrogen (secondary N) is 1. The molecule has 0 atom stereocenters. The van der Waals surface area contributed by atoms with Crippen LogP contribution in [0.15, 0.2) is 12.2 Å². The highest BCUT2D eigenvalue weighted by Crippen LogP contribution is 2.00. The van der Waals surface area contributed by atoms with Crippen LogP contribution in [0.25, 0.3) is 0 Å². The van der Waals surface area contributed by atoms with Gasteiger partial charge in [0.2, 0.25) is 5.91 Å². The minimum Gasteiger partial charge on any atom is -0.351 e. The van der Waals surface area contributed by atoms with Crippen molar-refractivity contribution >= 4 is 5.91 Å². The molecular weight excluding hydrogens is 164 g/mol. The van der Waals surface area contributed by atoms with Gasteiger partial charge in [-0.1, -0.05) is 19.9 Å². The van der Waals surface area contributed by atoms with Crippen LogP contribution in [0.5, 0.6) is 0 Å². The Morgan fingerprint density at radius 1 is 1.46 bits per heavy atom. The van der Waals surface area contributed by atoms with Crippen LogP contribution in [0.1, 0.15) is 19.8 Å². The van der Waals surface area contributed by atoms with Crippen molar-refractivity contribution < 1.29 is 4.79 Å². The maximum absolute atomic E-state index is 11.3. The Hall–Kier alpha value is -0.830. The fraction of sp³-hybridized carbons (Fsp3) is 0.700. The molecule has 0 rings (SSSR count). The fourth-order valence-electron chi connectivity index (χ4n) is 0.933. The number of hydrogen-bond acceptors (Lipinski definition) is 2. The van der Waals surface area contributed by atoms with Gasteiger partial charge >= 0.3 is 0 Å². The molecule has 0 radical (unpaired) electrons. The molecule has 0 unspecified atom stereocenters. The normalized spacial score (nSPS) is 10.2. The lowest BCUT2D eigenvalue weighted by Crippen LogP contribution is -2.31. The monoisotopic (exact) mass is 184 g/mol. The molecule has 0 bridgehead atoms. The highest BCUT2D eigenvalue weighted by atomic mass is 16.1. The van der Waals surface area contributed by atoms with E-state index in [1.807, 2.05) is 25.9 Å². The van der Waals surface area contributed by atoms with Crippen molar-refractivity contribution in [1.29, 1.82) is 0 Å². The van der Waals surface area contributed by atoms with Crippen LogP contribution in [-0.2, 0) is 4.79 Å². The molecule has 1 N–H and O–H groups in total. The molecule has 0 spiro atoms. The Morgan fingerprint density at radius 2 is 2.08 bits per heavy atom. The molecule has 0 saturated heterocycles. The average molecular weight is 184 g/mol. The number of likely N-dealkylation sites (N-methyl/N-ethyl adjacent to an activating group) is 1. The Kier molecular flexibility index (Phi) is 6.24. The lowest BCUT2D eigenvalue weighted by molar-refractivity contribution is -0.117. The number of hydrogen-bond donors (Lipinski definition) is 1. The maximum atomic E-state index is 11.3. The molecule has 0 heterocycles. The summed E-state index contributed by atoms with van der Waals surface area (Å²) in [6.07, 6.45) is 1.76. The van der Waals surface area contributed by atoms with E-state index in [4.69, 9.17) is 0 Å². The summed E-state index contributed by atoms with van der Waals surface area (Å²) < 4.78 is 0. The van der Waals surface area contributed by atoms with E-state index in [-0.39, 0.29) is 5.91 Å². The van der Waals surface area contributed by atoms with Gasteiger partial charge in [-0.05, 0) is 20.5 Å². The molecule has 0 aliphatic carbocycles. The van der Waals surface area contributed by atoms with Crippen molar-refractivity contribution in [2.45, 2.75) is 19.8 Å². The smallest absolute Gasteiger partial charge is 0.246 e. The van der Waals surface area contributed by atoms with Crippen molar-refractivity contribution in [3.63, 3.8) is 0 Å². The number of nitrogens with zero attached hydrogens (tertiary/aromatic N) is 1. The Balaban J connectivity index is 3.56. The lowest BCUT2D eigenvalue weighted by Gasteiger charge is -2.10. The molecule has 1 amide bonds. The molecule has 3 heteroatoms. The summed E-state index contributed by atoms with van der Waals surface area (Å²) >= 11 is 0. The lowest BCUT2D eigenvalue weighted by atomic mass is 10.1. The zero-order valence-corrected chi connectivity index (χ0v) is 8.89. The van der Waals surface area contributed by atoms with E-state index in [0.717, 1.165) is 19.4 Å². The van der Waals surface area contributed by atoms with Crippen molar-refractivity contribution in [2.75, 3.05) is 27.2 Å². The van der Waals surface area contributed by atoms with Gasteiger partial charge in [0.15, 0.2) is 0 Å². The third-order valence-corrected chi connectivity index (χ3v) is 1.72. The van der Waals surface area contributed by atoms with E-state index >= 15 is 0 Å². The van der Waals surface area contributed by atoms with Gasteiger partial charge in [-0.2, -0.15) is 0 Å². The first-order chi connectivity index (χ1) is 6.07. The summed E-state index contributed by atoms with van der Waals surface area (Å²) in [5.41, 5.74) is 0.682. The van der Waals surface area contributed by atoms with E-state index in [1.165, 1.54) is 0 Å². The van der Waals surface area contributed by atoms with Crippen LogP contribution >= 0.6 is 0 Å². The van der Waals surface area contributed by atoms with Crippen molar-refractivity contribution in [3.05, 3.63) is 12.2 Å². The second kappa shape index (κ2) is 6.66. The van der Waals surface area contributed by atoms with Crippen LogP contribution in [0, 0.1) is 0 Å². The number of amides is 1. The average Bonchev–Trinajstić information content (AvgIpc) is 2.04. The SMILES string of the molecule is C=C(CCC)C(=O)NCCN(C)C. The minimum atomic E-state index is -0.0105. The molecule has 0 aromatic rings. The standard InChI is InChI=1S/C10H20N2O/c1-5-6-9(2)10(13)11-7-8-12(3)4/h2,5-8H2,1,3-4H3,(H,11,13). The van der Waals surface area contributed by atoms with E-state index in [0.29, 0.717) is 12.1 Å². The first-order valence-corrected chi connectivity index (χ1v) is 4.68. The molecule has 13 heavy (non-hydrogen) atoms. The van der Waals surface area contributed by atoms with Crippen LogP contribution < -0.4 is 5.32 Å².